The summed E-state index contributed by atoms with van der Waals surface area (Å²) in [6.45, 7) is 5.76. The highest BCUT2D eigenvalue weighted by Gasteiger charge is 2.09. The van der Waals surface area contributed by atoms with Gasteiger partial charge in [0.2, 0.25) is 5.91 Å². The molecular formula is C11H16N4O2S. The Hall–Kier alpha value is -1.63. The Kier molecular flexibility index (Phi) is 5.08. The smallest absolute Gasteiger partial charge is 0.321 e. The van der Waals surface area contributed by atoms with Crippen molar-refractivity contribution < 1.29 is 9.59 Å². The third-order valence-electron chi connectivity index (χ3n) is 2.42. The fraction of sp³-hybridized carbons (Fsp3) is 0.455. The Bertz CT molecular complexity index is 453. The van der Waals surface area contributed by atoms with Crippen LogP contribution in [0.15, 0.2) is 5.16 Å². The summed E-state index contributed by atoms with van der Waals surface area (Å²) in [5, 5.41) is 5.03. The Morgan fingerprint density at radius 1 is 1.17 bits per heavy atom. The van der Waals surface area contributed by atoms with Crippen molar-refractivity contribution in [2.45, 2.75) is 25.9 Å². The van der Waals surface area contributed by atoms with Gasteiger partial charge in [-0.2, -0.15) is 0 Å². The summed E-state index contributed by atoms with van der Waals surface area (Å²) in [6, 6.07) is -0.516. The van der Waals surface area contributed by atoms with Crippen LogP contribution < -0.4 is 10.6 Å². The Morgan fingerprint density at radius 3 is 2.22 bits per heavy atom. The van der Waals surface area contributed by atoms with Crippen LogP contribution in [-0.2, 0) is 4.79 Å². The highest BCUT2D eigenvalue weighted by atomic mass is 32.2. The predicted octanol–water partition coefficient (Wildman–Crippen LogP) is 0.950. The largest absolute Gasteiger partial charge is 0.341 e. The van der Waals surface area contributed by atoms with Crippen LogP contribution in [0.3, 0.4) is 0 Å². The van der Waals surface area contributed by atoms with Crippen LogP contribution in [0.4, 0.5) is 4.79 Å². The monoisotopic (exact) mass is 268 g/mol. The van der Waals surface area contributed by atoms with Crippen LogP contribution in [0.2, 0.25) is 0 Å². The van der Waals surface area contributed by atoms with Crippen LogP contribution in [0.25, 0.3) is 0 Å². The molecule has 0 spiro atoms. The molecule has 0 bridgehead atoms. The maximum absolute atomic E-state index is 11.4. The van der Waals surface area contributed by atoms with E-state index in [1.54, 1.807) is 0 Å². The molecule has 0 fully saturated rings. The lowest BCUT2D eigenvalue weighted by molar-refractivity contribution is -0.117. The second-order valence-electron chi connectivity index (χ2n) is 3.72. The lowest BCUT2D eigenvalue weighted by Crippen LogP contribution is -2.38. The number of nitrogens with zero attached hydrogens (tertiary/aromatic N) is 2. The van der Waals surface area contributed by atoms with Gasteiger partial charge in [0.05, 0.1) is 5.75 Å². The second kappa shape index (κ2) is 6.34. The fourth-order valence-electron chi connectivity index (χ4n) is 1.16. The molecule has 2 N–H and O–H groups in total. The van der Waals surface area contributed by atoms with Crippen LogP contribution in [0.1, 0.15) is 17.0 Å². The molecule has 0 aromatic carbocycles. The van der Waals surface area contributed by atoms with Crippen molar-refractivity contribution in [3.8, 4) is 0 Å². The molecule has 0 aliphatic carbocycles. The van der Waals surface area contributed by atoms with E-state index in [1.807, 2.05) is 20.8 Å². The first-order valence-corrected chi connectivity index (χ1v) is 6.38. The third kappa shape index (κ3) is 3.99. The van der Waals surface area contributed by atoms with Crippen molar-refractivity contribution in [1.29, 1.82) is 0 Å². The Labute approximate surface area is 110 Å². The van der Waals surface area contributed by atoms with E-state index in [4.69, 9.17) is 0 Å². The average molecular weight is 268 g/mol. The summed E-state index contributed by atoms with van der Waals surface area (Å²) < 4.78 is 0. The van der Waals surface area contributed by atoms with Gasteiger partial charge in [-0.05, 0) is 26.3 Å². The standard InChI is InChI=1S/C11H16N4O2S/c1-6-7(2)13-11(14-8(6)3)18-5-9(16)15-10(17)12-4/h5H2,1-4H3,(H2,12,15,16,17). The second-order valence-corrected chi connectivity index (χ2v) is 4.66. The molecule has 1 rings (SSSR count). The molecule has 18 heavy (non-hydrogen) atoms. The molecule has 98 valence electrons. The SMILES string of the molecule is CNC(=O)NC(=O)CSc1nc(C)c(C)c(C)n1. The van der Waals surface area contributed by atoms with Gasteiger partial charge >= 0.3 is 6.03 Å². The highest BCUT2D eigenvalue weighted by molar-refractivity contribution is 7.99. The van der Waals surface area contributed by atoms with E-state index in [2.05, 4.69) is 20.6 Å². The highest BCUT2D eigenvalue weighted by Crippen LogP contribution is 2.16. The van der Waals surface area contributed by atoms with Crippen molar-refractivity contribution in [2.24, 2.45) is 0 Å². The van der Waals surface area contributed by atoms with E-state index in [-0.39, 0.29) is 11.7 Å². The van der Waals surface area contributed by atoms with Gasteiger partial charge in [-0.25, -0.2) is 14.8 Å². The van der Waals surface area contributed by atoms with E-state index in [0.717, 1.165) is 17.0 Å². The summed E-state index contributed by atoms with van der Waals surface area (Å²) >= 11 is 1.20. The van der Waals surface area contributed by atoms with Crippen molar-refractivity contribution in [3.63, 3.8) is 0 Å². The van der Waals surface area contributed by atoms with Crippen LogP contribution in [-0.4, -0.2) is 34.7 Å². The molecule has 6 nitrogen and oxygen atoms in total. The van der Waals surface area contributed by atoms with E-state index in [9.17, 15) is 9.59 Å². The van der Waals surface area contributed by atoms with Gasteiger partial charge in [-0.1, -0.05) is 11.8 Å². The molecule has 7 heteroatoms. The molecule has 0 saturated carbocycles. The van der Waals surface area contributed by atoms with E-state index >= 15 is 0 Å². The lowest BCUT2D eigenvalue weighted by Gasteiger charge is -2.06. The van der Waals surface area contributed by atoms with Gasteiger partial charge in [0.15, 0.2) is 5.16 Å². The molecule has 1 aromatic rings. The number of hydrogen-bond acceptors (Lipinski definition) is 5. The summed E-state index contributed by atoms with van der Waals surface area (Å²) in [4.78, 5) is 30.8. The van der Waals surface area contributed by atoms with E-state index in [1.165, 1.54) is 18.8 Å². The van der Waals surface area contributed by atoms with Crippen molar-refractivity contribution in [2.75, 3.05) is 12.8 Å². The number of thioether (sulfide) groups is 1. The topological polar surface area (TPSA) is 84.0 Å². The zero-order chi connectivity index (χ0) is 13.7. The number of nitrogens with one attached hydrogen (secondary N) is 2. The predicted molar refractivity (Wildman–Crippen MR) is 69.6 cm³/mol. The van der Waals surface area contributed by atoms with Gasteiger partial charge in [0.1, 0.15) is 0 Å². The summed E-state index contributed by atoms with van der Waals surface area (Å²) in [6.07, 6.45) is 0. The molecule has 0 atom stereocenters. The molecule has 3 amide bonds. The first kappa shape index (κ1) is 14.4. The van der Waals surface area contributed by atoms with Crippen molar-refractivity contribution in [1.82, 2.24) is 20.6 Å². The molecular weight excluding hydrogens is 252 g/mol. The maximum atomic E-state index is 11.4. The van der Waals surface area contributed by atoms with Gasteiger partial charge in [-0.15, -0.1) is 0 Å². The number of aryl methyl sites for hydroxylation is 2. The van der Waals surface area contributed by atoms with Gasteiger partial charge < -0.3 is 5.32 Å². The molecule has 0 saturated heterocycles. The normalized spacial score (nSPS) is 10.0. The van der Waals surface area contributed by atoms with Gasteiger partial charge in [0, 0.05) is 18.4 Å². The minimum atomic E-state index is -0.516. The quantitative estimate of drug-likeness (QED) is 0.630. The van der Waals surface area contributed by atoms with E-state index in [0.29, 0.717) is 5.16 Å². The zero-order valence-electron chi connectivity index (χ0n) is 10.8. The van der Waals surface area contributed by atoms with Crippen LogP contribution in [0, 0.1) is 20.8 Å². The minimum Gasteiger partial charge on any atom is -0.341 e. The number of aromatic nitrogens is 2. The molecule has 1 heterocycles. The van der Waals surface area contributed by atoms with Crippen LogP contribution in [0.5, 0.6) is 0 Å². The van der Waals surface area contributed by atoms with Crippen molar-refractivity contribution in [3.05, 3.63) is 17.0 Å². The number of carbonyl (C=O) groups excluding carboxylic acids is 2. The summed E-state index contributed by atoms with van der Waals surface area (Å²) in [5.74, 6) is -0.270. The molecule has 1 aromatic heterocycles. The number of carbonyl (C=O) groups is 2. The number of urea groups is 1. The molecule has 0 aliphatic rings. The lowest BCUT2D eigenvalue weighted by atomic mass is 10.2. The minimum absolute atomic E-state index is 0.107. The average Bonchev–Trinajstić information content (AvgIpc) is 2.33. The zero-order valence-corrected chi connectivity index (χ0v) is 11.6. The summed E-state index contributed by atoms with van der Waals surface area (Å²) in [7, 11) is 1.45. The van der Waals surface area contributed by atoms with Crippen molar-refractivity contribution >= 4 is 23.7 Å². The first-order valence-electron chi connectivity index (χ1n) is 5.40. The Balaban J connectivity index is 2.59. The van der Waals surface area contributed by atoms with E-state index < -0.39 is 6.03 Å². The fourth-order valence-corrected chi connectivity index (χ4v) is 1.90. The Morgan fingerprint density at radius 2 is 1.72 bits per heavy atom. The summed E-state index contributed by atoms with van der Waals surface area (Å²) in [5.41, 5.74) is 2.85. The number of rotatable bonds is 3. The van der Waals surface area contributed by atoms with Gasteiger partial charge in [-0.3, -0.25) is 10.1 Å². The number of hydrogen-bond donors (Lipinski definition) is 2. The molecule has 0 aliphatic heterocycles. The molecule has 0 unspecified atom stereocenters. The molecule has 0 radical (unpaired) electrons. The number of imide groups is 1. The maximum Gasteiger partial charge on any atom is 0.321 e. The van der Waals surface area contributed by atoms with Gasteiger partial charge in [0.25, 0.3) is 0 Å². The van der Waals surface area contributed by atoms with Crippen LogP contribution >= 0.6 is 11.8 Å². The number of amides is 3. The third-order valence-corrected chi connectivity index (χ3v) is 3.27. The first-order chi connectivity index (χ1) is 8.43.